The van der Waals surface area contributed by atoms with Gasteiger partial charge in [-0.3, -0.25) is 9.59 Å². The number of carbonyl (C=O) groups is 1. The maximum atomic E-state index is 12.2. The van der Waals surface area contributed by atoms with Crippen molar-refractivity contribution in [2.24, 2.45) is 0 Å². The van der Waals surface area contributed by atoms with Crippen molar-refractivity contribution in [1.29, 1.82) is 0 Å². The van der Waals surface area contributed by atoms with Crippen LogP contribution in [0.25, 0.3) is 5.82 Å². The zero-order valence-corrected chi connectivity index (χ0v) is 16.0. The van der Waals surface area contributed by atoms with Crippen molar-refractivity contribution in [3.05, 3.63) is 74.2 Å². The summed E-state index contributed by atoms with van der Waals surface area (Å²) in [5.41, 5.74) is 2.12. The van der Waals surface area contributed by atoms with Crippen LogP contribution in [0.2, 0.25) is 0 Å². The quantitative estimate of drug-likeness (QED) is 0.692. The topological polar surface area (TPSA) is 81.8 Å². The van der Waals surface area contributed by atoms with E-state index in [4.69, 9.17) is 0 Å². The van der Waals surface area contributed by atoms with Gasteiger partial charge in [-0.05, 0) is 54.0 Å². The second-order valence-corrected chi connectivity index (χ2v) is 6.68. The monoisotopic (exact) mass is 415 g/mol. The second kappa shape index (κ2) is 7.65. The highest BCUT2D eigenvalue weighted by Crippen LogP contribution is 2.15. The highest BCUT2D eigenvalue weighted by atomic mass is 79.9. The van der Waals surface area contributed by atoms with Gasteiger partial charge >= 0.3 is 0 Å². The van der Waals surface area contributed by atoms with Gasteiger partial charge in [0.2, 0.25) is 0 Å². The number of aryl methyl sites for hydroxylation is 2. The third-order valence-corrected chi connectivity index (χ3v) is 4.50. The molecule has 3 aromatic rings. The average Bonchev–Trinajstić information content (AvgIpc) is 2.95. The molecule has 0 spiro atoms. The van der Waals surface area contributed by atoms with Crippen molar-refractivity contribution in [2.45, 2.75) is 20.4 Å². The number of nitrogens with one attached hydrogen (secondary N) is 1. The van der Waals surface area contributed by atoms with Crippen molar-refractivity contribution < 1.29 is 4.79 Å². The van der Waals surface area contributed by atoms with E-state index in [2.05, 4.69) is 31.4 Å². The van der Waals surface area contributed by atoms with Crippen LogP contribution in [-0.2, 0) is 6.54 Å². The van der Waals surface area contributed by atoms with E-state index in [-0.39, 0.29) is 24.6 Å². The van der Waals surface area contributed by atoms with E-state index in [9.17, 15) is 9.59 Å². The second-order valence-electron chi connectivity index (χ2n) is 5.83. The first kappa shape index (κ1) is 18.1. The third-order valence-electron chi connectivity index (χ3n) is 3.81. The largest absolute Gasteiger partial charge is 0.350 e. The molecule has 0 radical (unpaired) electrons. The molecule has 7 nitrogen and oxygen atoms in total. The Morgan fingerprint density at radius 2 is 1.92 bits per heavy atom. The Morgan fingerprint density at radius 3 is 2.62 bits per heavy atom. The van der Waals surface area contributed by atoms with Gasteiger partial charge in [-0.15, -0.1) is 5.10 Å². The number of halogens is 1. The van der Waals surface area contributed by atoms with Gasteiger partial charge in [0.15, 0.2) is 5.82 Å². The molecule has 8 heteroatoms. The van der Waals surface area contributed by atoms with Gasteiger partial charge in [-0.1, -0.05) is 12.1 Å². The van der Waals surface area contributed by atoms with Gasteiger partial charge in [0.05, 0.1) is 17.8 Å². The van der Waals surface area contributed by atoms with E-state index in [0.717, 1.165) is 15.9 Å². The number of carbonyl (C=O) groups excluding carboxylic acids is 1. The summed E-state index contributed by atoms with van der Waals surface area (Å²) in [6, 6.07) is 12.2. The Labute approximate surface area is 158 Å². The maximum Gasteiger partial charge on any atom is 0.266 e. The van der Waals surface area contributed by atoms with Crippen LogP contribution in [0.3, 0.4) is 0 Å². The minimum Gasteiger partial charge on any atom is -0.350 e. The third kappa shape index (κ3) is 3.91. The fourth-order valence-corrected chi connectivity index (χ4v) is 3.05. The molecule has 0 unspecified atom stereocenters. The van der Waals surface area contributed by atoms with Crippen molar-refractivity contribution in [3.8, 4) is 5.82 Å². The first-order chi connectivity index (χ1) is 12.5. The molecule has 1 amide bonds. The maximum absolute atomic E-state index is 12.2. The zero-order valence-electron chi connectivity index (χ0n) is 14.4. The lowest BCUT2D eigenvalue weighted by Crippen LogP contribution is -2.32. The Balaban J connectivity index is 1.71. The number of benzene rings is 1. The summed E-state index contributed by atoms with van der Waals surface area (Å²) in [6.45, 7) is 4.38. The number of aromatic nitrogens is 4. The lowest BCUT2D eigenvalue weighted by molar-refractivity contribution is 0.0951. The molecule has 2 heterocycles. The van der Waals surface area contributed by atoms with Crippen LogP contribution in [0.5, 0.6) is 0 Å². The number of rotatable bonds is 5. The Bertz CT molecular complexity index is 1010. The van der Waals surface area contributed by atoms with Crippen molar-refractivity contribution in [1.82, 2.24) is 24.9 Å². The van der Waals surface area contributed by atoms with Crippen LogP contribution in [0.4, 0.5) is 0 Å². The number of hydrogen-bond donors (Lipinski definition) is 1. The first-order valence-corrected chi connectivity index (χ1v) is 8.89. The molecule has 0 atom stereocenters. The van der Waals surface area contributed by atoms with Crippen molar-refractivity contribution in [2.75, 3.05) is 6.54 Å². The molecule has 0 fully saturated rings. The molecular weight excluding hydrogens is 398 g/mol. The molecule has 1 aromatic carbocycles. The van der Waals surface area contributed by atoms with E-state index in [1.807, 2.05) is 26.0 Å². The highest BCUT2D eigenvalue weighted by molar-refractivity contribution is 9.10. The van der Waals surface area contributed by atoms with Crippen LogP contribution in [-0.4, -0.2) is 32.0 Å². The molecule has 2 aromatic heterocycles. The average molecular weight is 416 g/mol. The van der Waals surface area contributed by atoms with E-state index in [1.165, 1.54) is 10.7 Å². The fraction of sp³-hybridized carbons (Fsp3) is 0.222. The molecule has 0 bridgehead atoms. The van der Waals surface area contributed by atoms with Gasteiger partial charge in [0.1, 0.15) is 0 Å². The van der Waals surface area contributed by atoms with E-state index >= 15 is 0 Å². The smallest absolute Gasteiger partial charge is 0.266 e. The van der Waals surface area contributed by atoms with Crippen molar-refractivity contribution in [3.63, 3.8) is 0 Å². The summed E-state index contributed by atoms with van der Waals surface area (Å²) >= 11 is 3.35. The van der Waals surface area contributed by atoms with Gasteiger partial charge in [0, 0.05) is 22.8 Å². The zero-order chi connectivity index (χ0) is 18.7. The van der Waals surface area contributed by atoms with Crippen molar-refractivity contribution >= 4 is 21.8 Å². The normalized spacial score (nSPS) is 10.7. The molecule has 0 aliphatic rings. The van der Waals surface area contributed by atoms with Gasteiger partial charge in [-0.25, -0.2) is 9.36 Å². The van der Waals surface area contributed by atoms with Crippen LogP contribution < -0.4 is 10.9 Å². The SMILES string of the molecule is Cc1cc(C)n(-c2ccc(=O)n(CCNC(=O)c3ccccc3Br)n2)n1. The van der Waals surface area contributed by atoms with Crippen LogP contribution in [0.1, 0.15) is 21.7 Å². The van der Waals surface area contributed by atoms with E-state index in [0.29, 0.717) is 11.4 Å². The lowest BCUT2D eigenvalue weighted by atomic mass is 10.2. The predicted octanol–water partition coefficient (Wildman–Crippen LogP) is 2.24. The fourth-order valence-electron chi connectivity index (χ4n) is 2.59. The Kier molecular flexibility index (Phi) is 5.32. The molecule has 0 saturated heterocycles. The summed E-state index contributed by atoms with van der Waals surface area (Å²) in [4.78, 5) is 24.3. The van der Waals surface area contributed by atoms with Crippen LogP contribution >= 0.6 is 15.9 Å². The van der Waals surface area contributed by atoms with Gasteiger partial charge < -0.3 is 5.32 Å². The predicted molar refractivity (Wildman–Crippen MR) is 102 cm³/mol. The van der Waals surface area contributed by atoms with E-state index < -0.39 is 0 Å². The summed E-state index contributed by atoms with van der Waals surface area (Å²) in [5, 5.41) is 11.5. The molecular formula is C18H18BrN5O2. The molecule has 0 aliphatic carbocycles. The molecule has 0 saturated carbocycles. The van der Waals surface area contributed by atoms with E-state index in [1.54, 1.807) is 28.9 Å². The Morgan fingerprint density at radius 1 is 1.15 bits per heavy atom. The van der Waals surface area contributed by atoms with Crippen LogP contribution in [0.15, 0.2) is 51.7 Å². The lowest BCUT2D eigenvalue weighted by Gasteiger charge is -2.10. The standard InChI is InChI=1S/C18H18BrN5O2/c1-12-11-13(2)24(21-12)16-7-8-17(25)23(22-16)10-9-20-18(26)14-5-3-4-6-15(14)19/h3-8,11H,9-10H2,1-2H3,(H,20,26). The van der Waals surface area contributed by atoms with Crippen LogP contribution in [0, 0.1) is 13.8 Å². The molecule has 0 aliphatic heterocycles. The molecule has 3 rings (SSSR count). The minimum atomic E-state index is -0.231. The number of hydrogen-bond acceptors (Lipinski definition) is 4. The van der Waals surface area contributed by atoms with Gasteiger partial charge in [0.25, 0.3) is 11.5 Å². The Hall–Kier alpha value is -2.74. The molecule has 134 valence electrons. The number of amides is 1. The summed E-state index contributed by atoms with van der Waals surface area (Å²) in [6.07, 6.45) is 0. The first-order valence-electron chi connectivity index (χ1n) is 8.10. The summed E-state index contributed by atoms with van der Waals surface area (Å²) in [7, 11) is 0. The summed E-state index contributed by atoms with van der Waals surface area (Å²) in [5.74, 6) is 0.354. The van der Waals surface area contributed by atoms with Gasteiger partial charge in [-0.2, -0.15) is 5.10 Å². The number of nitrogens with zero attached hydrogens (tertiary/aromatic N) is 4. The minimum absolute atomic E-state index is 0.208. The molecule has 26 heavy (non-hydrogen) atoms. The highest BCUT2D eigenvalue weighted by Gasteiger charge is 2.10. The summed E-state index contributed by atoms with van der Waals surface area (Å²) < 4.78 is 3.73. The molecule has 1 N–H and O–H groups in total.